The van der Waals surface area contributed by atoms with E-state index in [2.05, 4.69) is 106 Å². The summed E-state index contributed by atoms with van der Waals surface area (Å²) in [4.78, 5) is 17.8. The summed E-state index contributed by atoms with van der Waals surface area (Å²) in [6, 6.07) is 65.4. The van der Waals surface area contributed by atoms with E-state index in [4.69, 9.17) is 9.97 Å². The highest BCUT2D eigenvalue weighted by Gasteiger charge is 2.35. The maximum Gasteiger partial charge on any atom is 0.435 e. The molecule has 0 aliphatic heterocycles. The van der Waals surface area contributed by atoms with E-state index in [1.54, 1.807) is 12.1 Å². The molecular weight excluding hydrogens is 976 g/mol. The average Bonchev–Trinajstić information content (AvgIpc) is 4.10. The van der Waals surface area contributed by atoms with Crippen LogP contribution in [0.5, 0.6) is 0 Å². The van der Waals surface area contributed by atoms with Gasteiger partial charge in [0.05, 0.1) is 34.0 Å². The van der Waals surface area contributed by atoms with Crippen LogP contribution in [0.1, 0.15) is 75.1 Å². The summed E-state index contributed by atoms with van der Waals surface area (Å²) in [7, 11) is 0. The summed E-state index contributed by atoms with van der Waals surface area (Å²) < 4.78 is 76.5. The third kappa shape index (κ3) is 9.92. The lowest BCUT2D eigenvalue weighted by Crippen LogP contribution is -2.25. The van der Waals surface area contributed by atoms with Gasteiger partial charge in [0.25, 0.3) is 0 Å². The Morgan fingerprint density at radius 3 is 1.55 bits per heavy atom. The van der Waals surface area contributed by atoms with Crippen LogP contribution < -0.4 is 9.80 Å². The first-order valence-electron chi connectivity index (χ1n) is 25.6. The van der Waals surface area contributed by atoms with Gasteiger partial charge in [0.15, 0.2) is 11.5 Å². The number of hydrogen-bond donors (Lipinski definition) is 0. The number of benzene rings is 6. The fraction of sp³-hybridized carbons (Fsp3) is 0.156. The highest BCUT2D eigenvalue weighted by atomic mass is 19.4. The number of hydrogen-bond acceptors (Lipinski definition) is 6. The van der Waals surface area contributed by atoms with Crippen molar-refractivity contribution in [2.24, 2.45) is 0 Å². The third-order valence-corrected chi connectivity index (χ3v) is 14.5. The molecule has 0 saturated heterocycles. The van der Waals surface area contributed by atoms with Gasteiger partial charge in [0.2, 0.25) is 11.9 Å². The number of para-hydroxylation sites is 5. The molecule has 2 unspecified atom stereocenters. The first-order valence-corrected chi connectivity index (χ1v) is 25.6. The van der Waals surface area contributed by atoms with Crippen LogP contribution in [0, 0.1) is 11.9 Å². The van der Waals surface area contributed by atoms with E-state index < -0.39 is 29.2 Å². The summed E-state index contributed by atoms with van der Waals surface area (Å²) >= 11 is 0. The van der Waals surface area contributed by atoms with Crippen molar-refractivity contribution in [1.29, 1.82) is 0 Å². The lowest BCUT2D eigenvalue weighted by Gasteiger charge is -2.31. The molecule has 11 aromatic rings. The minimum Gasteiger partial charge on any atom is -0.338 e. The number of alkyl halides is 3. The summed E-state index contributed by atoms with van der Waals surface area (Å²) in [6.07, 6.45) is -1.64. The van der Waals surface area contributed by atoms with Crippen LogP contribution in [0.2, 0.25) is 0 Å². The summed E-state index contributed by atoms with van der Waals surface area (Å²) in [5, 5.41) is 6.42. The fourth-order valence-electron chi connectivity index (χ4n) is 10.5. The smallest absolute Gasteiger partial charge is 0.338 e. The Bertz CT molecular complexity index is 3760. The molecule has 0 bridgehead atoms. The monoisotopic (exact) mass is 1030 g/mol. The van der Waals surface area contributed by atoms with Gasteiger partial charge in [-0.25, -0.2) is 9.67 Å². The van der Waals surface area contributed by atoms with Gasteiger partial charge in [0.1, 0.15) is 0 Å². The Hall–Kier alpha value is -8.97. The first kappa shape index (κ1) is 50.2. The standard InChI is InChI=1S/C64H53F5N8/c1-5-43(37-42(2)75-55-27-17-15-25-51(55)52-26-16-18-28-56(52)75)44-29-31-48(32-30-44)77(47-23-13-8-14-24-47)49-38-54(53-33-34-60(65)72-62(53)66)70-58(39-49)63(3,4)59-40-50(41-61(71-59)74-36-35-57(73-74)64(67,68)69)76(45-19-9-6-10-20-45)46-21-11-7-12-22-46/h6-36,38-43H,5,37H2,1-4H3. The second kappa shape index (κ2) is 20.6. The third-order valence-electron chi connectivity index (χ3n) is 14.5. The Kier molecular flexibility index (Phi) is 13.4. The van der Waals surface area contributed by atoms with Crippen LogP contribution in [-0.4, -0.2) is 29.3 Å². The molecule has 13 heteroatoms. The predicted octanol–water partition coefficient (Wildman–Crippen LogP) is 17.5. The van der Waals surface area contributed by atoms with Crippen molar-refractivity contribution in [2.45, 2.75) is 64.1 Å². The molecule has 0 fully saturated rings. The molecule has 0 aliphatic rings. The van der Waals surface area contributed by atoms with Crippen molar-refractivity contribution in [3.8, 4) is 17.1 Å². The molecule has 0 saturated carbocycles. The molecule has 5 aromatic heterocycles. The maximum absolute atomic E-state index is 16.0. The number of anilines is 6. The molecule has 8 nitrogen and oxygen atoms in total. The summed E-state index contributed by atoms with van der Waals surface area (Å²) in [6.45, 7) is 8.33. The van der Waals surface area contributed by atoms with Gasteiger partial charge in [-0.2, -0.15) is 32.0 Å². The van der Waals surface area contributed by atoms with Crippen LogP contribution in [-0.2, 0) is 11.6 Å². The van der Waals surface area contributed by atoms with Crippen molar-refractivity contribution in [3.05, 3.63) is 247 Å². The fourth-order valence-corrected chi connectivity index (χ4v) is 10.5. The normalized spacial score (nSPS) is 12.7. The van der Waals surface area contributed by atoms with E-state index in [0.717, 1.165) is 52.4 Å². The van der Waals surface area contributed by atoms with Crippen molar-refractivity contribution in [1.82, 2.24) is 29.3 Å². The number of halogens is 5. The lowest BCUT2D eigenvalue weighted by atomic mass is 9.83. The zero-order valence-corrected chi connectivity index (χ0v) is 42.7. The van der Waals surface area contributed by atoms with E-state index >= 15 is 4.39 Å². The van der Waals surface area contributed by atoms with E-state index in [9.17, 15) is 17.6 Å². The van der Waals surface area contributed by atoms with Gasteiger partial charge in [-0.3, -0.25) is 4.98 Å². The Labute approximate surface area is 443 Å². The lowest BCUT2D eigenvalue weighted by molar-refractivity contribution is -0.141. The SMILES string of the molecule is CCC(CC(C)n1c2ccccc2c2ccccc21)c1ccc(N(c2ccccc2)c2cc(-c3ccc(F)nc3F)nc(C(C)(C)c3cc(N(c4ccccc4)c4ccccc4)cc(-n4ccc(C(F)(F)F)n4)n3)c2)cc1. The van der Waals surface area contributed by atoms with Crippen molar-refractivity contribution >= 4 is 55.9 Å². The maximum atomic E-state index is 16.0. The molecule has 0 amide bonds. The van der Waals surface area contributed by atoms with E-state index in [1.165, 1.54) is 39.6 Å². The van der Waals surface area contributed by atoms with E-state index in [1.807, 2.05) is 122 Å². The zero-order chi connectivity index (χ0) is 53.4. The van der Waals surface area contributed by atoms with Crippen LogP contribution in [0.3, 0.4) is 0 Å². The average molecular weight is 1030 g/mol. The molecule has 2 atom stereocenters. The van der Waals surface area contributed by atoms with Crippen molar-refractivity contribution in [3.63, 3.8) is 0 Å². The quantitative estimate of drug-likeness (QED) is 0.0753. The van der Waals surface area contributed by atoms with Crippen molar-refractivity contribution in [2.75, 3.05) is 9.80 Å². The number of rotatable bonds is 15. The highest BCUT2D eigenvalue weighted by Crippen LogP contribution is 2.44. The molecular formula is C64H53F5N8. The van der Waals surface area contributed by atoms with Gasteiger partial charge in [0, 0.05) is 68.3 Å². The molecule has 5 heterocycles. The number of pyridine rings is 3. The number of aromatic nitrogens is 6. The van der Waals surface area contributed by atoms with Crippen LogP contribution in [0.4, 0.5) is 56.1 Å². The highest BCUT2D eigenvalue weighted by molar-refractivity contribution is 6.08. The van der Waals surface area contributed by atoms with Gasteiger partial charge in [-0.05, 0) is 142 Å². The minimum atomic E-state index is -4.70. The van der Waals surface area contributed by atoms with Gasteiger partial charge in [-0.15, -0.1) is 0 Å². The van der Waals surface area contributed by atoms with Gasteiger partial charge >= 0.3 is 6.18 Å². The molecule has 77 heavy (non-hydrogen) atoms. The number of fused-ring (bicyclic) bond motifs is 3. The molecule has 0 radical (unpaired) electrons. The zero-order valence-electron chi connectivity index (χ0n) is 42.7. The Morgan fingerprint density at radius 2 is 1.03 bits per heavy atom. The van der Waals surface area contributed by atoms with E-state index in [-0.39, 0.29) is 29.0 Å². The summed E-state index contributed by atoms with van der Waals surface area (Å²) in [5.74, 6) is -1.68. The molecule has 384 valence electrons. The largest absolute Gasteiger partial charge is 0.435 e. The molecule has 6 aromatic carbocycles. The Balaban J connectivity index is 1.04. The molecule has 0 N–H and O–H groups in total. The second-order valence-electron chi connectivity index (χ2n) is 19.8. The summed E-state index contributed by atoms with van der Waals surface area (Å²) in [5.41, 5.74) is 6.71. The predicted molar refractivity (Wildman–Crippen MR) is 297 cm³/mol. The minimum absolute atomic E-state index is 0.0326. The van der Waals surface area contributed by atoms with Gasteiger partial charge in [-0.1, -0.05) is 110 Å². The van der Waals surface area contributed by atoms with Crippen molar-refractivity contribution < 1.29 is 22.0 Å². The van der Waals surface area contributed by atoms with Gasteiger partial charge < -0.3 is 14.4 Å². The topological polar surface area (TPSA) is 67.9 Å². The molecule has 11 rings (SSSR count). The first-order chi connectivity index (χ1) is 37.2. The van der Waals surface area contributed by atoms with Crippen LogP contribution in [0.25, 0.3) is 38.9 Å². The molecule has 0 aliphatic carbocycles. The van der Waals surface area contributed by atoms with Crippen LogP contribution in [0.15, 0.2) is 212 Å². The van der Waals surface area contributed by atoms with Crippen LogP contribution >= 0.6 is 0 Å². The second-order valence-corrected chi connectivity index (χ2v) is 19.8. The number of nitrogens with zero attached hydrogens (tertiary/aromatic N) is 8. The molecule has 0 spiro atoms. The van der Waals surface area contributed by atoms with E-state index in [0.29, 0.717) is 22.8 Å². The Morgan fingerprint density at radius 1 is 0.519 bits per heavy atom.